The van der Waals surface area contributed by atoms with Gasteiger partial charge in [-0.2, -0.15) is 5.10 Å². The molecule has 0 N–H and O–H groups in total. The third kappa shape index (κ3) is 4.69. The van der Waals surface area contributed by atoms with E-state index < -0.39 is 0 Å². The normalized spacial score (nSPS) is 14.9. The van der Waals surface area contributed by atoms with Crippen LogP contribution < -0.4 is 0 Å². The Morgan fingerprint density at radius 2 is 1.93 bits per heavy atom. The molecule has 2 heterocycles. The van der Waals surface area contributed by atoms with Crippen LogP contribution in [0.3, 0.4) is 0 Å². The minimum absolute atomic E-state index is 0.520. The zero-order valence-electron chi connectivity index (χ0n) is 17.8. The Morgan fingerprint density at radius 3 is 2.60 bits per heavy atom. The molecule has 1 aromatic heterocycles. The van der Waals surface area contributed by atoms with Crippen molar-refractivity contribution in [2.75, 3.05) is 20.3 Å². The van der Waals surface area contributed by atoms with E-state index in [2.05, 4.69) is 60.4 Å². The first-order valence-corrected chi connectivity index (χ1v) is 10.6. The van der Waals surface area contributed by atoms with Crippen LogP contribution >= 0.6 is 0 Å². The van der Waals surface area contributed by atoms with Gasteiger partial charge in [0, 0.05) is 43.8 Å². The van der Waals surface area contributed by atoms with E-state index in [-0.39, 0.29) is 0 Å². The molecule has 1 aliphatic heterocycles. The number of benzene rings is 2. The Labute approximate surface area is 178 Å². The van der Waals surface area contributed by atoms with Gasteiger partial charge < -0.3 is 4.74 Å². The lowest BCUT2D eigenvalue weighted by atomic mass is 9.94. The van der Waals surface area contributed by atoms with Crippen LogP contribution in [-0.4, -0.2) is 47.3 Å². The lowest BCUT2D eigenvalue weighted by Crippen LogP contribution is -2.36. The molecule has 1 fully saturated rings. The number of hydrogen-bond acceptors (Lipinski definition) is 4. The molecule has 0 unspecified atom stereocenters. The zero-order valence-corrected chi connectivity index (χ0v) is 17.8. The number of rotatable bonds is 7. The van der Waals surface area contributed by atoms with Gasteiger partial charge in [-0.05, 0) is 79.8 Å². The van der Waals surface area contributed by atoms with Gasteiger partial charge in [0.2, 0.25) is 0 Å². The molecule has 0 saturated carbocycles. The first-order valence-electron chi connectivity index (χ1n) is 10.6. The Kier molecular flexibility index (Phi) is 6.41. The van der Waals surface area contributed by atoms with E-state index in [9.17, 15) is 4.79 Å². The van der Waals surface area contributed by atoms with Crippen LogP contribution in [0, 0.1) is 6.92 Å². The topological polar surface area (TPSA) is 47.4 Å². The number of ether oxygens (including phenoxy) is 1. The molecule has 0 amide bonds. The van der Waals surface area contributed by atoms with Crippen molar-refractivity contribution in [3.63, 3.8) is 0 Å². The van der Waals surface area contributed by atoms with Crippen LogP contribution in [0.5, 0.6) is 0 Å². The average Bonchev–Trinajstić information content (AvgIpc) is 3.31. The third-order valence-corrected chi connectivity index (χ3v) is 6.06. The van der Waals surface area contributed by atoms with Gasteiger partial charge in [-0.15, -0.1) is 0 Å². The van der Waals surface area contributed by atoms with E-state index in [4.69, 9.17) is 4.74 Å². The van der Waals surface area contributed by atoms with Crippen LogP contribution in [-0.2, 0) is 17.7 Å². The highest BCUT2D eigenvalue weighted by Gasteiger charge is 2.19. The second-order valence-electron chi connectivity index (χ2n) is 8.15. The van der Waals surface area contributed by atoms with E-state index in [1.807, 2.05) is 16.9 Å². The van der Waals surface area contributed by atoms with E-state index >= 15 is 0 Å². The van der Waals surface area contributed by atoms with Crippen molar-refractivity contribution >= 4 is 6.29 Å². The summed E-state index contributed by atoms with van der Waals surface area (Å²) in [5.41, 5.74) is 6.59. The van der Waals surface area contributed by atoms with Crippen LogP contribution in [0.15, 0.2) is 54.9 Å². The molecule has 0 bridgehead atoms. The van der Waals surface area contributed by atoms with Crippen molar-refractivity contribution in [3.05, 3.63) is 82.7 Å². The molecule has 0 radical (unpaired) electrons. The molecule has 5 nitrogen and oxygen atoms in total. The fourth-order valence-electron chi connectivity index (χ4n) is 4.20. The van der Waals surface area contributed by atoms with Gasteiger partial charge in [0.25, 0.3) is 0 Å². The molecule has 1 saturated heterocycles. The number of aromatic nitrogens is 2. The van der Waals surface area contributed by atoms with Crippen molar-refractivity contribution in [1.29, 1.82) is 0 Å². The highest BCUT2D eigenvalue weighted by molar-refractivity contribution is 5.78. The maximum Gasteiger partial charge on any atom is 0.150 e. The molecule has 2 aromatic carbocycles. The molecular weight excluding hydrogens is 374 g/mol. The van der Waals surface area contributed by atoms with Crippen molar-refractivity contribution in [1.82, 2.24) is 14.7 Å². The summed E-state index contributed by atoms with van der Waals surface area (Å²) in [6.07, 6.45) is 7.63. The maximum absolute atomic E-state index is 11.8. The van der Waals surface area contributed by atoms with Crippen LogP contribution in [0.25, 0.3) is 5.69 Å². The number of carbonyl (C=O) groups is 1. The summed E-state index contributed by atoms with van der Waals surface area (Å²) in [7, 11) is 2.15. The molecule has 0 spiro atoms. The molecule has 3 aromatic rings. The number of carbonyl (C=O) groups excluding carboxylic acids is 1. The van der Waals surface area contributed by atoms with E-state index in [0.29, 0.717) is 6.04 Å². The van der Waals surface area contributed by atoms with Crippen molar-refractivity contribution < 1.29 is 9.53 Å². The van der Waals surface area contributed by atoms with Crippen molar-refractivity contribution in [2.45, 2.75) is 38.8 Å². The van der Waals surface area contributed by atoms with Gasteiger partial charge in [0.1, 0.15) is 6.29 Å². The predicted octanol–water partition coefficient (Wildman–Crippen LogP) is 4.19. The van der Waals surface area contributed by atoms with Crippen molar-refractivity contribution in [2.24, 2.45) is 0 Å². The number of aldehydes is 1. The second kappa shape index (κ2) is 9.37. The number of aryl methyl sites for hydroxylation is 1. The molecule has 4 rings (SSSR count). The minimum atomic E-state index is 0.520. The molecule has 0 aliphatic carbocycles. The molecule has 30 heavy (non-hydrogen) atoms. The molecule has 1 aliphatic rings. The van der Waals surface area contributed by atoms with E-state index in [1.165, 1.54) is 16.7 Å². The maximum atomic E-state index is 11.8. The quantitative estimate of drug-likeness (QED) is 0.555. The third-order valence-electron chi connectivity index (χ3n) is 6.06. The summed E-state index contributed by atoms with van der Waals surface area (Å²) in [4.78, 5) is 14.2. The van der Waals surface area contributed by atoms with Gasteiger partial charge in [-0.25, -0.2) is 4.68 Å². The smallest absolute Gasteiger partial charge is 0.150 e. The van der Waals surface area contributed by atoms with Crippen molar-refractivity contribution in [3.8, 4) is 5.69 Å². The highest BCUT2D eigenvalue weighted by Crippen LogP contribution is 2.23. The number of nitrogens with zero attached hydrogens (tertiary/aromatic N) is 3. The van der Waals surface area contributed by atoms with Crippen LogP contribution in [0.1, 0.15) is 45.5 Å². The van der Waals surface area contributed by atoms with E-state index in [0.717, 1.165) is 62.1 Å². The van der Waals surface area contributed by atoms with Crippen LogP contribution in [0.2, 0.25) is 0 Å². The summed E-state index contributed by atoms with van der Waals surface area (Å²) >= 11 is 0. The number of hydrogen-bond donors (Lipinski definition) is 0. The highest BCUT2D eigenvalue weighted by atomic mass is 16.5. The molecule has 5 heteroatoms. The minimum Gasteiger partial charge on any atom is -0.381 e. The largest absolute Gasteiger partial charge is 0.381 e. The first kappa shape index (κ1) is 20.5. The fourth-order valence-corrected chi connectivity index (χ4v) is 4.20. The van der Waals surface area contributed by atoms with E-state index in [1.54, 1.807) is 6.20 Å². The summed E-state index contributed by atoms with van der Waals surface area (Å²) in [6, 6.07) is 15.1. The monoisotopic (exact) mass is 403 g/mol. The SMILES string of the molecule is Cc1cc(CN(C)C2CCOCC2)c(C=O)cc1Cc1ccc(-n2cccn2)cc1. The molecule has 156 valence electrons. The molecule has 0 atom stereocenters. The van der Waals surface area contributed by atoms with Gasteiger partial charge in [0.15, 0.2) is 0 Å². The van der Waals surface area contributed by atoms with Crippen LogP contribution in [0.4, 0.5) is 0 Å². The predicted molar refractivity (Wildman–Crippen MR) is 118 cm³/mol. The Balaban J connectivity index is 1.49. The summed E-state index contributed by atoms with van der Waals surface area (Å²) in [5.74, 6) is 0. The average molecular weight is 404 g/mol. The van der Waals surface area contributed by atoms with Gasteiger partial charge in [-0.3, -0.25) is 9.69 Å². The Hall–Kier alpha value is -2.76. The standard InChI is InChI=1S/C25H29N3O2/c1-19-14-22(17-27(2)24-8-12-30-13-9-24)23(18-29)16-21(19)15-20-4-6-25(7-5-20)28-11-3-10-26-28/h3-7,10-11,14,16,18,24H,8-9,12-13,15,17H2,1-2H3. The lowest BCUT2D eigenvalue weighted by molar-refractivity contribution is 0.0406. The first-order chi connectivity index (χ1) is 14.6. The summed E-state index contributed by atoms with van der Waals surface area (Å²) < 4.78 is 7.33. The Morgan fingerprint density at radius 1 is 1.17 bits per heavy atom. The zero-order chi connectivity index (χ0) is 20.9. The van der Waals surface area contributed by atoms with Gasteiger partial charge in [-0.1, -0.05) is 18.2 Å². The second-order valence-corrected chi connectivity index (χ2v) is 8.15. The fraction of sp³-hybridized carbons (Fsp3) is 0.360. The Bertz CT molecular complexity index is 974. The van der Waals surface area contributed by atoms with Gasteiger partial charge in [0.05, 0.1) is 5.69 Å². The molecular formula is C25H29N3O2. The summed E-state index contributed by atoms with van der Waals surface area (Å²) in [5, 5.41) is 4.27. The van der Waals surface area contributed by atoms with Gasteiger partial charge >= 0.3 is 0 Å². The summed E-state index contributed by atoms with van der Waals surface area (Å²) in [6.45, 7) is 4.58. The lowest BCUT2D eigenvalue weighted by Gasteiger charge is -2.31.